The van der Waals surface area contributed by atoms with Crippen molar-refractivity contribution in [2.75, 3.05) is 5.32 Å². The summed E-state index contributed by atoms with van der Waals surface area (Å²) in [6.07, 6.45) is 1.80. The molecule has 0 fully saturated rings. The van der Waals surface area contributed by atoms with Crippen LogP contribution in [-0.2, 0) is 6.54 Å². The standard InChI is InChI=1S/C13H11N3S/c1-2-5-10(6-3-1)15-9-12-16-11-7-4-8-14-13(11)17-12/h1-8,15H,9H2. The molecule has 3 rings (SSSR count). The van der Waals surface area contributed by atoms with E-state index >= 15 is 0 Å². The quantitative estimate of drug-likeness (QED) is 0.764. The first-order chi connectivity index (χ1) is 8.42. The number of hydrogen-bond donors (Lipinski definition) is 1. The lowest BCUT2D eigenvalue weighted by Gasteiger charge is -2.02. The number of fused-ring (bicyclic) bond motifs is 1. The summed E-state index contributed by atoms with van der Waals surface area (Å²) >= 11 is 1.63. The minimum absolute atomic E-state index is 0.741. The van der Waals surface area contributed by atoms with Crippen molar-refractivity contribution in [2.45, 2.75) is 6.54 Å². The number of pyridine rings is 1. The highest BCUT2D eigenvalue weighted by Gasteiger charge is 2.03. The van der Waals surface area contributed by atoms with Gasteiger partial charge in [-0.25, -0.2) is 9.97 Å². The van der Waals surface area contributed by atoms with Gasteiger partial charge in [0.25, 0.3) is 0 Å². The fourth-order valence-electron chi connectivity index (χ4n) is 1.62. The molecule has 2 heterocycles. The van der Waals surface area contributed by atoms with E-state index in [1.165, 1.54) is 0 Å². The summed E-state index contributed by atoms with van der Waals surface area (Å²) in [6.45, 7) is 0.741. The van der Waals surface area contributed by atoms with Crippen molar-refractivity contribution >= 4 is 27.4 Å². The van der Waals surface area contributed by atoms with Gasteiger partial charge in [-0.3, -0.25) is 0 Å². The molecule has 0 aliphatic rings. The average molecular weight is 241 g/mol. The first-order valence-corrected chi connectivity index (χ1v) is 6.23. The maximum absolute atomic E-state index is 4.52. The molecule has 17 heavy (non-hydrogen) atoms. The van der Waals surface area contributed by atoms with E-state index in [0.29, 0.717) is 0 Å². The highest BCUT2D eigenvalue weighted by molar-refractivity contribution is 7.18. The SMILES string of the molecule is c1ccc(NCc2nc3cccnc3s2)cc1. The van der Waals surface area contributed by atoms with Crippen molar-refractivity contribution < 1.29 is 0 Å². The Balaban J connectivity index is 1.77. The lowest BCUT2D eigenvalue weighted by atomic mass is 10.3. The normalized spacial score (nSPS) is 10.6. The number of benzene rings is 1. The summed E-state index contributed by atoms with van der Waals surface area (Å²) in [7, 11) is 0. The van der Waals surface area contributed by atoms with Crippen LogP contribution in [0.25, 0.3) is 10.3 Å². The molecule has 0 aliphatic heterocycles. The van der Waals surface area contributed by atoms with E-state index in [1.807, 2.05) is 42.5 Å². The van der Waals surface area contributed by atoms with E-state index in [1.54, 1.807) is 17.5 Å². The number of nitrogens with one attached hydrogen (secondary N) is 1. The third-order valence-electron chi connectivity index (χ3n) is 2.43. The smallest absolute Gasteiger partial charge is 0.143 e. The van der Waals surface area contributed by atoms with Crippen LogP contribution in [-0.4, -0.2) is 9.97 Å². The van der Waals surface area contributed by atoms with Crippen LogP contribution in [0.4, 0.5) is 5.69 Å². The number of anilines is 1. The second kappa shape index (κ2) is 4.51. The summed E-state index contributed by atoms with van der Waals surface area (Å²) in [5.74, 6) is 0. The van der Waals surface area contributed by atoms with Crippen molar-refractivity contribution in [1.29, 1.82) is 0 Å². The van der Waals surface area contributed by atoms with E-state index < -0.39 is 0 Å². The van der Waals surface area contributed by atoms with Gasteiger partial charge < -0.3 is 5.32 Å². The Hall–Kier alpha value is -1.94. The lowest BCUT2D eigenvalue weighted by molar-refractivity contribution is 1.12. The van der Waals surface area contributed by atoms with Gasteiger partial charge >= 0.3 is 0 Å². The van der Waals surface area contributed by atoms with Crippen molar-refractivity contribution in [3.05, 3.63) is 53.7 Å². The van der Waals surface area contributed by atoms with Crippen molar-refractivity contribution in [3.8, 4) is 0 Å². The van der Waals surface area contributed by atoms with Gasteiger partial charge in [-0.15, -0.1) is 0 Å². The van der Waals surface area contributed by atoms with Crippen molar-refractivity contribution in [3.63, 3.8) is 0 Å². The third kappa shape index (κ3) is 2.26. The van der Waals surface area contributed by atoms with Gasteiger partial charge in [-0.05, 0) is 24.3 Å². The zero-order valence-electron chi connectivity index (χ0n) is 9.13. The Bertz CT molecular complexity index is 586. The number of rotatable bonds is 3. The fraction of sp³-hybridized carbons (Fsp3) is 0.0769. The molecule has 0 unspecified atom stereocenters. The Labute approximate surface area is 103 Å². The minimum Gasteiger partial charge on any atom is -0.379 e. The average Bonchev–Trinajstić information content (AvgIpc) is 2.80. The first kappa shape index (κ1) is 10.2. The second-order valence-electron chi connectivity index (χ2n) is 3.65. The molecule has 4 heteroatoms. The van der Waals surface area contributed by atoms with Crippen LogP contribution in [0.15, 0.2) is 48.7 Å². The van der Waals surface area contributed by atoms with Crippen LogP contribution < -0.4 is 5.32 Å². The Morgan fingerprint density at radius 2 is 1.94 bits per heavy atom. The number of aromatic nitrogens is 2. The van der Waals surface area contributed by atoms with E-state index in [4.69, 9.17) is 0 Å². The Morgan fingerprint density at radius 3 is 2.76 bits per heavy atom. The van der Waals surface area contributed by atoms with Crippen LogP contribution in [0, 0.1) is 0 Å². The van der Waals surface area contributed by atoms with E-state index in [-0.39, 0.29) is 0 Å². The van der Waals surface area contributed by atoms with Gasteiger partial charge in [-0.1, -0.05) is 29.5 Å². The van der Waals surface area contributed by atoms with Crippen LogP contribution in [0.1, 0.15) is 5.01 Å². The number of hydrogen-bond acceptors (Lipinski definition) is 4. The molecule has 0 saturated heterocycles. The van der Waals surface area contributed by atoms with Crippen LogP contribution in [0.2, 0.25) is 0 Å². The van der Waals surface area contributed by atoms with Crippen LogP contribution >= 0.6 is 11.3 Å². The van der Waals surface area contributed by atoms with E-state index in [2.05, 4.69) is 15.3 Å². The molecule has 0 bridgehead atoms. The molecule has 0 spiro atoms. The molecule has 3 aromatic rings. The third-order valence-corrected chi connectivity index (χ3v) is 3.41. The van der Waals surface area contributed by atoms with Crippen LogP contribution in [0.3, 0.4) is 0 Å². The number of thiazole rings is 1. The lowest BCUT2D eigenvalue weighted by Crippen LogP contribution is -1.97. The van der Waals surface area contributed by atoms with Gasteiger partial charge in [0, 0.05) is 11.9 Å². The maximum atomic E-state index is 4.52. The Morgan fingerprint density at radius 1 is 1.06 bits per heavy atom. The molecule has 3 nitrogen and oxygen atoms in total. The maximum Gasteiger partial charge on any atom is 0.143 e. The monoisotopic (exact) mass is 241 g/mol. The molecule has 84 valence electrons. The molecule has 0 atom stereocenters. The molecule has 1 N–H and O–H groups in total. The van der Waals surface area contributed by atoms with Gasteiger partial charge in [0.05, 0.1) is 6.54 Å². The molecule has 0 amide bonds. The van der Waals surface area contributed by atoms with Gasteiger partial charge in [0.1, 0.15) is 15.4 Å². The fourth-order valence-corrected chi connectivity index (χ4v) is 2.47. The number of nitrogens with zero attached hydrogens (tertiary/aromatic N) is 2. The molecular weight excluding hydrogens is 230 g/mol. The summed E-state index contributed by atoms with van der Waals surface area (Å²) in [5.41, 5.74) is 2.09. The van der Waals surface area contributed by atoms with Crippen molar-refractivity contribution in [2.24, 2.45) is 0 Å². The highest BCUT2D eigenvalue weighted by atomic mass is 32.1. The zero-order chi connectivity index (χ0) is 11.5. The molecule has 1 aromatic carbocycles. The molecule has 0 radical (unpaired) electrons. The summed E-state index contributed by atoms with van der Waals surface area (Å²) in [4.78, 5) is 9.80. The predicted octanol–water partition coefficient (Wildman–Crippen LogP) is 3.30. The topological polar surface area (TPSA) is 37.8 Å². The molecule has 2 aromatic heterocycles. The summed E-state index contributed by atoms with van der Waals surface area (Å²) in [6, 6.07) is 14.0. The highest BCUT2D eigenvalue weighted by Crippen LogP contribution is 2.20. The second-order valence-corrected chi connectivity index (χ2v) is 4.72. The molecule has 0 saturated carbocycles. The molecule has 0 aliphatic carbocycles. The minimum atomic E-state index is 0.741. The van der Waals surface area contributed by atoms with Crippen LogP contribution in [0.5, 0.6) is 0 Å². The largest absolute Gasteiger partial charge is 0.379 e. The molecular formula is C13H11N3S. The van der Waals surface area contributed by atoms with Gasteiger partial charge in [0.15, 0.2) is 0 Å². The predicted molar refractivity (Wildman–Crippen MR) is 71.2 cm³/mol. The summed E-state index contributed by atoms with van der Waals surface area (Å²) in [5, 5.41) is 4.40. The number of para-hydroxylation sites is 1. The van der Waals surface area contributed by atoms with E-state index in [9.17, 15) is 0 Å². The Kier molecular flexibility index (Phi) is 2.71. The van der Waals surface area contributed by atoms with E-state index in [0.717, 1.165) is 27.6 Å². The zero-order valence-corrected chi connectivity index (χ0v) is 9.95. The first-order valence-electron chi connectivity index (χ1n) is 5.41. The summed E-state index contributed by atoms with van der Waals surface area (Å²) < 4.78 is 0. The van der Waals surface area contributed by atoms with Gasteiger partial charge in [-0.2, -0.15) is 0 Å². The van der Waals surface area contributed by atoms with Gasteiger partial charge in [0.2, 0.25) is 0 Å². The van der Waals surface area contributed by atoms with Crippen molar-refractivity contribution in [1.82, 2.24) is 9.97 Å².